The van der Waals surface area contributed by atoms with E-state index in [1.165, 1.54) is 6.92 Å². The van der Waals surface area contributed by atoms with Gasteiger partial charge in [-0.1, -0.05) is 26.0 Å². The maximum absolute atomic E-state index is 12.9. The Labute approximate surface area is 233 Å². The van der Waals surface area contributed by atoms with Crippen LogP contribution in [0.3, 0.4) is 0 Å². The molecular formula is C27H47ClN4O6. The molecule has 0 radical (unpaired) electrons. The lowest BCUT2D eigenvalue weighted by Gasteiger charge is -2.29. The number of hydrogen-bond acceptors (Lipinski definition) is 7. The number of halogens is 1. The maximum Gasteiger partial charge on any atom is 0.255 e. The molecule has 6 N–H and O–H groups in total. The number of nitrogens with one attached hydrogen (secondary N) is 3. The van der Waals surface area contributed by atoms with Crippen molar-refractivity contribution in [3.63, 3.8) is 0 Å². The van der Waals surface area contributed by atoms with Crippen LogP contribution in [0, 0.1) is 11.8 Å². The summed E-state index contributed by atoms with van der Waals surface area (Å²) in [5, 5.41) is 18.7. The van der Waals surface area contributed by atoms with Crippen LogP contribution in [0.25, 0.3) is 0 Å². The minimum Gasteiger partial charge on any atom is -0.493 e. The van der Waals surface area contributed by atoms with Crippen LogP contribution < -0.4 is 26.4 Å². The van der Waals surface area contributed by atoms with Crippen molar-refractivity contribution in [3.05, 3.63) is 29.8 Å². The van der Waals surface area contributed by atoms with Crippen LogP contribution in [0.15, 0.2) is 24.3 Å². The molecule has 0 saturated heterocycles. The van der Waals surface area contributed by atoms with Crippen molar-refractivity contribution in [2.24, 2.45) is 17.6 Å². The second-order valence-electron chi connectivity index (χ2n) is 10.2. The van der Waals surface area contributed by atoms with Gasteiger partial charge in [-0.3, -0.25) is 14.4 Å². The van der Waals surface area contributed by atoms with Gasteiger partial charge in [0.2, 0.25) is 11.8 Å². The van der Waals surface area contributed by atoms with Gasteiger partial charge >= 0.3 is 0 Å². The van der Waals surface area contributed by atoms with Gasteiger partial charge in [-0.15, -0.1) is 12.4 Å². The summed E-state index contributed by atoms with van der Waals surface area (Å²) in [6.45, 7) is 10.1. The Kier molecular flexibility index (Phi) is 16.9. The van der Waals surface area contributed by atoms with E-state index in [-0.39, 0.29) is 42.6 Å². The van der Waals surface area contributed by atoms with Crippen LogP contribution in [0.5, 0.6) is 5.75 Å². The first-order valence-electron chi connectivity index (χ1n) is 12.9. The lowest BCUT2D eigenvalue weighted by Crippen LogP contribution is -2.56. The molecule has 0 aliphatic heterocycles. The molecule has 0 aliphatic carbocycles. The molecule has 0 heterocycles. The Hall–Kier alpha value is -2.40. The van der Waals surface area contributed by atoms with Crippen molar-refractivity contribution < 1.29 is 29.0 Å². The Morgan fingerprint density at radius 2 is 1.68 bits per heavy atom. The molecule has 0 spiro atoms. The van der Waals surface area contributed by atoms with Gasteiger partial charge in [0.1, 0.15) is 11.3 Å². The average Bonchev–Trinajstić information content (AvgIpc) is 2.83. The number of amides is 3. The fraction of sp³-hybridized carbons (Fsp3) is 0.667. The number of benzene rings is 1. The summed E-state index contributed by atoms with van der Waals surface area (Å²) in [6, 6.07) is 6.51. The maximum atomic E-state index is 12.9. The molecule has 0 unspecified atom stereocenters. The van der Waals surface area contributed by atoms with Gasteiger partial charge in [-0.05, 0) is 57.1 Å². The zero-order valence-electron chi connectivity index (χ0n) is 23.5. The normalized spacial score (nSPS) is 13.6. The smallest absolute Gasteiger partial charge is 0.255 e. The van der Waals surface area contributed by atoms with Gasteiger partial charge in [-0.25, -0.2) is 0 Å². The number of carbonyl (C=O) groups is 3. The molecule has 0 fully saturated rings. The molecule has 38 heavy (non-hydrogen) atoms. The van der Waals surface area contributed by atoms with Gasteiger partial charge in [0.05, 0.1) is 18.3 Å². The third-order valence-electron chi connectivity index (χ3n) is 6.20. The molecule has 3 atom stereocenters. The molecule has 1 rings (SSSR count). The summed E-state index contributed by atoms with van der Waals surface area (Å²) in [7, 11) is 1.66. The number of aliphatic hydroxyl groups excluding tert-OH is 1. The molecule has 0 saturated carbocycles. The monoisotopic (exact) mass is 558 g/mol. The molecular weight excluding hydrogens is 512 g/mol. The van der Waals surface area contributed by atoms with Crippen molar-refractivity contribution in [2.75, 3.05) is 33.4 Å². The first-order chi connectivity index (χ1) is 17.4. The summed E-state index contributed by atoms with van der Waals surface area (Å²) in [4.78, 5) is 36.6. The van der Waals surface area contributed by atoms with Gasteiger partial charge in [0.15, 0.2) is 0 Å². The fourth-order valence-corrected chi connectivity index (χ4v) is 3.79. The summed E-state index contributed by atoms with van der Waals surface area (Å²) in [6.07, 6.45) is 1.16. The van der Waals surface area contributed by atoms with Crippen molar-refractivity contribution in [1.82, 2.24) is 16.0 Å². The SMILES string of the molecule is COCCCCOc1ccccc1C(=O)NC[C@@H](C[C@H](N)[C@@H](O)CNC(=O)C(C)(C)NC(C)=O)C(C)C.Cl. The number of unbranched alkanes of at least 4 members (excludes halogenated alkanes) is 1. The van der Waals surface area contributed by atoms with Crippen LogP contribution in [0.2, 0.25) is 0 Å². The van der Waals surface area contributed by atoms with E-state index >= 15 is 0 Å². The fourth-order valence-electron chi connectivity index (χ4n) is 3.79. The Morgan fingerprint density at radius 1 is 1.05 bits per heavy atom. The van der Waals surface area contributed by atoms with E-state index in [1.807, 2.05) is 19.9 Å². The largest absolute Gasteiger partial charge is 0.493 e. The zero-order valence-corrected chi connectivity index (χ0v) is 24.4. The lowest BCUT2D eigenvalue weighted by atomic mass is 9.87. The predicted molar refractivity (Wildman–Crippen MR) is 150 cm³/mol. The summed E-state index contributed by atoms with van der Waals surface area (Å²) >= 11 is 0. The van der Waals surface area contributed by atoms with Crippen molar-refractivity contribution in [3.8, 4) is 5.75 Å². The standard InChI is InChI=1S/C27H46N4O6.ClH/c1-18(2)20(15-22(28)23(33)17-30-26(35)27(4,5)31-19(3)32)16-29-25(34)21-11-7-8-12-24(21)37-14-10-9-13-36-6;/h7-8,11-12,18,20,22-23,33H,9-10,13-17,28H2,1-6H3,(H,29,34)(H,30,35)(H,31,32);1H/t20-,22+,23+;/m1./s1. The van der Waals surface area contributed by atoms with E-state index in [4.69, 9.17) is 15.2 Å². The first-order valence-corrected chi connectivity index (χ1v) is 12.9. The Bertz CT molecular complexity index is 868. The first kappa shape index (κ1) is 35.6. The minimum absolute atomic E-state index is 0. The second-order valence-corrected chi connectivity index (χ2v) is 10.2. The van der Waals surface area contributed by atoms with E-state index in [0.29, 0.717) is 37.5 Å². The highest BCUT2D eigenvalue weighted by molar-refractivity contribution is 5.96. The number of carbonyl (C=O) groups excluding carboxylic acids is 3. The third kappa shape index (κ3) is 12.9. The van der Waals surface area contributed by atoms with Gasteiger partial charge in [0, 0.05) is 39.8 Å². The van der Waals surface area contributed by atoms with Crippen LogP contribution in [-0.2, 0) is 14.3 Å². The summed E-state index contributed by atoms with van der Waals surface area (Å²) in [5.74, 6) is -0.249. The van der Waals surface area contributed by atoms with E-state index in [0.717, 1.165) is 12.8 Å². The van der Waals surface area contributed by atoms with Gasteiger partial charge in [-0.2, -0.15) is 0 Å². The average molecular weight is 559 g/mol. The number of para-hydroxylation sites is 1. The van der Waals surface area contributed by atoms with Crippen LogP contribution in [0.1, 0.15) is 64.2 Å². The number of ether oxygens (including phenoxy) is 2. The predicted octanol–water partition coefficient (Wildman–Crippen LogP) is 2.03. The van der Waals surface area contributed by atoms with E-state index in [9.17, 15) is 19.5 Å². The molecule has 0 aromatic heterocycles. The molecule has 218 valence electrons. The summed E-state index contributed by atoms with van der Waals surface area (Å²) in [5.41, 5.74) is 5.61. The highest BCUT2D eigenvalue weighted by Gasteiger charge is 2.30. The lowest BCUT2D eigenvalue weighted by molar-refractivity contribution is -0.131. The highest BCUT2D eigenvalue weighted by atomic mass is 35.5. The van der Waals surface area contributed by atoms with Crippen molar-refractivity contribution >= 4 is 30.1 Å². The van der Waals surface area contributed by atoms with Crippen LogP contribution >= 0.6 is 12.4 Å². The van der Waals surface area contributed by atoms with Crippen LogP contribution in [0.4, 0.5) is 0 Å². The number of hydrogen-bond donors (Lipinski definition) is 5. The molecule has 0 aliphatic rings. The molecule has 11 heteroatoms. The van der Waals surface area contributed by atoms with Crippen molar-refractivity contribution in [2.45, 2.75) is 71.6 Å². The molecule has 0 bridgehead atoms. The van der Waals surface area contributed by atoms with E-state index in [2.05, 4.69) is 16.0 Å². The summed E-state index contributed by atoms with van der Waals surface area (Å²) < 4.78 is 10.9. The molecule has 3 amide bonds. The zero-order chi connectivity index (χ0) is 28.0. The molecule has 1 aromatic carbocycles. The highest BCUT2D eigenvalue weighted by Crippen LogP contribution is 2.20. The second kappa shape index (κ2) is 18.0. The van der Waals surface area contributed by atoms with Gasteiger partial charge in [0.25, 0.3) is 5.91 Å². The third-order valence-corrected chi connectivity index (χ3v) is 6.20. The number of rotatable bonds is 17. The Balaban J connectivity index is 0.0000137. The van der Waals surface area contributed by atoms with Crippen LogP contribution in [-0.4, -0.2) is 73.9 Å². The van der Waals surface area contributed by atoms with Gasteiger partial charge < -0.3 is 36.3 Å². The quantitative estimate of drug-likeness (QED) is 0.183. The van der Waals surface area contributed by atoms with Crippen molar-refractivity contribution in [1.29, 1.82) is 0 Å². The number of nitrogens with two attached hydrogens (primary N) is 1. The molecule has 10 nitrogen and oxygen atoms in total. The molecule has 1 aromatic rings. The number of aliphatic hydroxyl groups is 1. The van der Waals surface area contributed by atoms with E-state index in [1.54, 1.807) is 39.2 Å². The Morgan fingerprint density at radius 3 is 2.29 bits per heavy atom. The minimum atomic E-state index is -1.11. The van der Waals surface area contributed by atoms with E-state index < -0.39 is 23.6 Å². The topological polar surface area (TPSA) is 152 Å². The number of methoxy groups -OCH3 is 1.